The van der Waals surface area contributed by atoms with E-state index in [9.17, 15) is 9.59 Å². The van der Waals surface area contributed by atoms with Crippen molar-refractivity contribution in [1.29, 1.82) is 0 Å². The number of benzene rings is 1. The first-order valence-corrected chi connectivity index (χ1v) is 8.15. The summed E-state index contributed by atoms with van der Waals surface area (Å²) in [5.41, 5.74) is 0.585. The Hall–Kier alpha value is -1.36. The number of hydrogen-bond donors (Lipinski definition) is 0. The molecule has 5 heteroatoms. The molecule has 0 bridgehead atoms. The zero-order chi connectivity index (χ0) is 14.9. The van der Waals surface area contributed by atoms with Crippen molar-refractivity contribution in [1.82, 2.24) is 4.90 Å². The molecule has 0 spiro atoms. The van der Waals surface area contributed by atoms with Crippen LogP contribution in [0, 0.1) is 0 Å². The molecule has 3 rings (SSSR count). The maximum atomic E-state index is 12.1. The fourth-order valence-corrected chi connectivity index (χ4v) is 3.45. The van der Waals surface area contributed by atoms with Crippen LogP contribution in [0.1, 0.15) is 37.7 Å². The van der Waals surface area contributed by atoms with Crippen LogP contribution < -0.4 is 0 Å². The van der Waals surface area contributed by atoms with Gasteiger partial charge in [-0.2, -0.15) is 0 Å². The van der Waals surface area contributed by atoms with Gasteiger partial charge in [0.1, 0.15) is 5.60 Å². The summed E-state index contributed by atoms with van der Waals surface area (Å²) in [4.78, 5) is 25.3. The van der Waals surface area contributed by atoms with E-state index in [0.29, 0.717) is 13.0 Å². The summed E-state index contributed by atoms with van der Waals surface area (Å²) in [5.74, 6) is -0.0716. The van der Waals surface area contributed by atoms with Gasteiger partial charge < -0.3 is 9.64 Å². The van der Waals surface area contributed by atoms with Crippen molar-refractivity contribution in [2.24, 2.45) is 0 Å². The van der Waals surface area contributed by atoms with Crippen LogP contribution in [0.25, 0.3) is 0 Å². The van der Waals surface area contributed by atoms with E-state index in [-0.39, 0.29) is 18.3 Å². The number of halogens is 1. The second-order valence-corrected chi connectivity index (χ2v) is 6.54. The Kier molecular flexibility index (Phi) is 4.02. The number of rotatable bonds is 5. The van der Waals surface area contributed by atoms with Crippen molar-refractivity contribution in [3.05, 3.63) is 34.3 Å². The summed E-state index contributed by atoms with van der Waals surface area (Å²) >= 11 is 3.52. The third-order valence-electron chi connectivity index (χ3n) is 4.14. The zero-order valence-electron chi connectivity index (χ0n) is 11.8. The highest BCUT2D eigenvalue weighted by atomic mass is 79.9. The third-order valence-corrected chi connectivity index (χ3v) is 4.83. The van der Waals surface area contributed by atoms with Gasteiger partial charge in [-0.25, -0.2) is 0 Å². The van der Waals surface area contributed by atoms with Crippen LogP contribution in [-0.4, -0.2) is 29.9 Å². The number of carbonyl (C=O) groups is 2. The molecule has 1 aliphatic heterocycles. The largest absolute Gasteiger partial charge is 0.454 e. The average molecular weight is 352 g/mol. The minimum absolute atomic E-state index is 0.148. The van der Waals surface area contributed by atoms with Gasteiger partial charge in [-0.15, -0.1) is 0 Å². The molecule has 112 valence electrons. The lowest BCUT2D eigenvalue weighted by atomic mass is 10.1. The molecule has 2 aliphatic rings. The van der Waals surface area contributed by atoms with Gasteiger partial charge >= 0.3 is 5.97 Å². The van der Waals surface area contributed by atoms with E-state index in [0.717, 1.165) is 35.8 Å². The first kappa shape index (κ1) is 14.6. The third kappa shape index (κ3) is 3.12. The number of ether oxygens (including phenoxy) is 1. The van der Waals surface area contributed by atoms with Gasteiger partial charge in [-0.1, -0.05) is 34.1 Å². The molecule has 1 amide bonds. The summed E-state index contributed by atoms with van der Waals surface area (Å²) in [5, 5.41) is 0. The Labute approximate surface area is 132 Å². The first-order valence-electron chi connectivity index (χ1n) is 7.35. The van der Waals surface area contributed by atoms with Crippen molar-refractivity contribution < 1.29 is 14.3 Å². The van der Waals surface area contributed by atoms with Crippen LogP contribution in [0.4, 0.5) is 0 Å². The Balaban J connectivity index is 1.57. The van der Waals surface area contributed by atoms with E-state index in [1.807, 2.05) is 24.3 Å². The Bertz CT molecular complexity index is 568. The minimum Gasteiger partial charge on any atom is -0.454 e. The fraction of sp³-hybridized carbons (Fsp3) is 0.500. The van der Waals surface area contributed by atoms with Crippen molar-refractivity contribution in [3.63, 3.8) is 0 Å². The lowest BCUT2D eigenvalue weighted by Crippen LogP contribution is -2.28. The summed E-state index contributed by atoms with van der Waals surface area (Å²) in [6.45, 7) is 1.24. The van der Waals surface area contributed by atoms with Crippen molar-refractivity contribution in [2.45, 2.75) is 37.7 Å². The van der Waals surface area contributed by atoms with E-state index >= 15 is 0 Å². The monoisotopic (exact) mass is 351 g/mol. The molecular formula is C16H18BrNO3. The van der Waals surface area contributed by atoms with Crippen LogP contribution in [0.15, 0.2) is 28.7 Å². The highest BCUT2D eigenvalue weighted by molar-refractivity contribution is 9.10. The highest BCUT2D eigenvalue weighted by Crippen LogP contribution is 2.51. The van der Waals surface area contributed by atoms with Gasteiger partial charge in [0.2, 0.25) is 5.91 Å². The highest BCUT2D eigenvalue weighted by Gasteiger charge is 2.49. The number of amides is 1. The van der Waals surface area contributed by atoms with Crippen molar-refractivity contribution in [2.75, 3.05) is 13.1 Å². The second kappa shape index (κ2) is 5.79. The number of hydrogen-bond acceptors (Lipinski definition) is 3. The normalized spacial score (nSPS) is 19.7. The molecule has 1 saturated heterocycles. The van der Waals surface area contributed by atoms with E-state index in [2.05, 4.69) is 15.9 Å². The predicted molar refractivity (Wildman–Crippen MR) is 81.6 cm³/mol. The predicted octanol–water partition coefficient (Wildman–Crippen LogP) is 2.99. The molecule has 1 aromatic rings. The van der Waals surface area contributed by atoms with Crippen molar-refractivity contribution >= 4 is 27.8 Å². The van der Waals surface area contributed by atoms with Crippen LogP contribution in [0.2, 0.25) is 0 Å². The molecule has 0 radical (unpaired) electrons. The molecule has 1 saturated carbocycles. The van der Waals surface area contributed by atoms with Crippen LogP contribution in [-0.2, 0) is 19.9 Å². The SMILES string of the molecule is O=C(CCN1CCCC1=O)OC1(c2ccccc2Br)CC1. The van der Waals surface area contributed by atoms with E-state index in [1.165, 1.54) is 0 Å². The van der Waals surface area contributed by atoms with Crippen LogP contribution in [0.5, 0.6) is 0 Å². The van der Waals surface area contributed by atoms with Gasteiger partial charge in [-0.05, 0) is 25.3 Å². The number of esters is 1. The number of nitrogens with zero attached hydrogens (tertiary/aromatic N) is 1. The zero-order valence-corrected chi connectivity index (χ0v) is 13.4. The molecule has 1 heterocycles. The van der Waals surface area contributed by atoms with Gasteiger partial charge in [0.15, 0.2) is 0 Å². The molecule has 0 atom stereocenters. The number of carbonyl (C=O) groups excluding carboxylic acids is 2. The second-order valence-electron chi connectivity index (χ2n) is 5.68. The Morgan fingerprint density at radius 2 is 2.10 bits per heavy atom. The van der Waals surface area contributed by atoms with Crippen LogP contribution in [0.3, 0.4) is 0 Å². The summed E-state index contributed by atoms with van der Waals surface area (Å²) in [6.07, 6.45) is 3.51. The molecule has 1 aliphatic carbocycles. The van der Waals surface area contributed by atoms with Gasteiger partial charge in [-0.3, -0.25) is 9.59 Å². The summed E-state index contributed by atoms with van der Waals surface area (Å²) in [7, 11) is 0. The first-order chi connectivity index (χ1) is 10.1. The minimum atomic E-state index is -0.452. The maximum Gasteiger partial charge on any atom is 0.308 e. The fourth-order valence-electron chi connectivity index (χ4n) is 2.81. The molecule has 1 aromatic carbocycles. The van der Waals surface area contributed by atoms with E-state index < -0.39 is 5.60 Å². The molecule has 0 aromatic heterocycles. The molecule has 0 unspecified atom stereocenters. The molecule has 21 heavy (non-hydrogen) atoms. The lowest BCUT2D eigenvalue weighted by molar-refractivity contribution is -0.152. The van der Waals surface area contributed by atoms with E-state index in [1.54, 1.807) is 4.90 Å². The topological polar surface area (TPSA) is 46.6 Å². The van der Waals surface area contributed by atoms with Crippen molar-refractivity contribution in [3.8, 4) is 0 Å². The standard InChI is InChI=1S/C16H18BrNO3/c17-13-5-2-1-4-12(13)16(8-9-16)21-15(20)7-11-18-10-3-6-14(18)19/h1-2,4-5H,3,6-11H2. The smallest absolute Gasteiger partial charge is 0.308 e. The quantitative estimate of drug-likeness (QED) is 0.766. The lowest BCUT2D eigenvalue weighted by Gasteiger charge is -2.20. The summed E-state index contributed by atoms with van der Waals surface area (Å²) in [6, 6.07) is 7.86. The molecule has 0 N–H and O–H groups in total. The van der Waals surface area contributed by atoms with Crippen LogP contribution >= 0.6 is 15.9 Å². The maximum absolute atomic E-state index is 12.1. The van der Waals surface area contributed by atoms with Gasteiger partial charge in [0.05, 0.1) is 6.42 Å². The summed E-state index contributed by atoms with van der Waals surface area (Å²) < 4.78 is 6.68. The van der Waals surface area contributed by atoms with E-state index in [4.69, 9.17) is 4.74 Å². The molecular weight excluding hydrogens is 334 g/mol. The average Bonchev–Trinajstić information content (AvgIpc) is 3.11. The Morgan fingerprint density at radius 1 is 1.33 bits per heavy atom. The molecule has 4 nitrogen and oxygen atoms in total. The van der Waals surface area contributed by atoms with Gasteiger partial charge in [0.25, 0.3) is 0 Å². The number of likely N-dealkylation sites (tertiary alicyclic amines) is 1. The molecule has 2 fully saturated rings. The Morgan fingerprint density at radius 3 is 2.71 bits per heavy atom. The van der Waals surface area contributed by atoms with Gasteiger partial charge in [0, 0.05) is 29.5 Å².